The first-order valence-corrected chi connectivity index (χ1v) is 5.26. The first-order valence-electron chi connectivity index (χ1n) is 5.26. The lowest BCUT2D eigenvalue weighted by Crippen LogP contribution is -2.44. The molecule has 1 atom stereocenters. The number of benzene rings is 1. The highest BCUT2D eigenvalue weighted by Gasteiger charge is 2.12. The molecular weight excluding hydrogens is 204 g/mol. The van der Waals surface area contributed by atoms with Gasteiger partial charge in [0.2, 0.25) is 0 Å². The third kappa shape index (κ3) is 3.90. The van der Waals surface area contributed by atoms with Crippen LogP contribution in [0.25, 0.3) is 0 Å². The summed E-state index contributed by atoms with van der Waals surface area (Å²) in [5.74, 6) is 0. The van der Waals surface area contributed by atoms with Crippen LogP contribution in [0.2, 0.25) is 0 Å². The Balaban J connectivity index is 2.53. The van der Waals surface area contributed by atoms with E-state index < -0.39 is 0 Å². The van der Waals surface area contributed by atoms with Crippen molar-refractivity contribution in [2.45, 2.75) is 12.5 Å². The number of nitrogens with zero attached hydrogens (tertiary/aromatic N) is 1. The minimum absolute atomic E-state index is 0.0610. The average molecular weight is 222 g/mol. The second-order valence-electron chi connectivity index (χ2n) is 3.91. The van der Waals surface area contributed by atoms with Gasteiger partial charge >= 0.3 is 6.03 Å². The molecule has 1 unspecified atom stereocenters. The molecule has 2 amide bonds. The van der Waals surface area contributed by atoms with Crippen molar-refractivity contribution in [1.82, 2.24) is 10.2 Å². The molecule has 0 spiro atoms. The molecule has 1 rings (SSSR count). The van der Waals surface area contributed by atoms with Gasteiger partial charge in [-0.15, -0.1) is 0 Å². The van der Waals surface area contributed by atoms with Crippen molar-refractivity contribution in [2.24, 2.45) is 0 Å². The van der Waals surface area contributed by atoms with E-state index in [4.69, 9.17) is 0 Å². The lowest BCUT2D eigenvalue weighted by molar-refractivity contribution is 0.197. The molecule has 1 aromatic carbocycles. The number of rotatable bonds is 4. The Bertz CT molecular complexity index is 325. The summed E-state index contributed by atoms with van der Waals surface area (Å²) in [5, 5.41) is 11.9. The van der Waals surface area contributed by atoms with Crippen LogP contribution in [0.1, 0.15) is 5.56 Å². The van der Waals surface area contributed by atoms with Crippen molar-refractivity contribution in [2.75, 3.05) is 20.7 Å². The van der Waals surface area contributed by atoms with Crippen LogP contribution in [0.15, 0.2) is 30.3 Å². The quantitative estimate of drug-likeness (QED) is 0.794. The van der Waals surface area contributed by atoms with Crippen molar-refractivity contribution in [3.8, 4) is 0 Å². The van der Waals surface area contributed by atoms with Gasteiger partial charge in [0, 0.05) is 14.1 Å². The highest BCUT2D eigenvalue weighted by Crippen LogP contribution is 2.03. The molecule has 0 bridgehead atoms. The zero-order chi connectivity index (χ0) is 12.0. The molecule has 0 saturated heterocycles. The summed E-state index contributed by atoms with van der Waals surface area (Å²) in [6, 6.07) is 9.35. The number of hydrogen-bond acceptors (Lipinski definition) is 2. The SMILES string of the molecule is CN(C)C(=O)NC(CO)Cc1ccccc1. The molecule has 0 fully saturated rings. The number of carbonyl (C=O) groups is 1. The Hall–Kier alpha value is -1.55. The predicted octanol–water partition coefficient (Wildman–Crippen LogP) is 0.861. The third-order valence-corrected chi connectivity index (χ3v) is 2.28. The van der Waals surface area contributed by atoms with Crippen LogP contribution in [0.4, 0.5) is 4.79 Å². The fourth-order valence-electron chi connectivity index (χ4n) is 1.36. The lowest BCUT2D eigenvalue weighted by atomic mass is 10.1. The van der Waals surface area contributed by atoms with E-state index in [1.165, 1.54) is 4.90 Å². The average Bonchev–Trinajstić information content (AvgIpc) is 2.29. The number of nitrogens with one attached hydrogen (secondary N) is 1. The number of aliphatic hydroxyl groups excluding tert-OH is 1. The van der Waals surface area contributed by atoms with Crippen molar-refractivity contribution in [1.29, 1.82) is 0 Å². The van der Waals surface area contributed by atoms with E-state index in [1.807, 2.05) is 30.3 Å². The van der Waals surface area contributed by atoms with Crippen molar-refractivity contribution < 1.29 is 9.90 Å². The predicted molar refractivity (Wildman–Crippen MR) is 63.2 cm³/mol. The molecule has 0 heterocycles. The summed E-state index contributed by atoms with van der Waals surface area (Å²) in [4.78, 5) is 12.9. The molecule has 0 saturated carbocycles. The number of hydrogen-bond donors (Lipinski definition) is 2. The minimum Gasteiger partial charge on any atom is -0.394 e. The number of amides is 2. The maximum atomic E-state index is 11.4. The molecule has 0 radical (unpaired) electrons. The lowest BCUT2D eigenvalue weighted by Gasteiger charge is -2.19. The van der Waals surface area contributed by atoms with E-state index in [0.717, 1.165) is 5.56 Å². The monoisotopic (exact) mass is 222 g/mol. The van der Waals surface area contributed by atoms with Crippen molar-refractivity contribution in [3.05, 3.63) is 35.9 Å². The Labute approximate surface area is 95.9 Å². The van der Waals surface area contributed by atoms with E-state index in [-0.39, 0.29) is 18.7 Å². The topological polar surface area (TPSA) is 52.6 Å². The standard InChI is InChI=1S/C12H18N2O2/c1-14(2)12(16)13-11(9-15)8-10-6-4-3-5-7-10/h3-7,11,15H,8-9H2,1-2H3,(H,13,16). The second kappa shape index (κ2) is 6.12. The molecule has 0 aliphatic carbocycles. The fraction of sp³-hybridized carbons (Fsp3) is 0.417. The molecular formula is C12H18N2O2. The Morgan fingerprint density at radius 3 is 2.50 bits per heavy atom. The number of aliphatic hydroxyl groups is 1. The summed E-state index contributed by atoms with van der Waals surface area (Å²) < 4.78 is 0. The molecule has 4 heteroatoms. The summed E-state index contributed by atoms with van der Waals surface area (Å²) in [7, 11) is 3.35. The Kier molecular flexibility index (Phi) is 4.79. The normalized spacial score (nSPS) is 11.9. The first kappa shape index (κ1) is 12.5. The largest absolute Gasteiger partial charge is 0.394 e. The highest BCUT2D eigenvalue weighted by molar-refractivity contribution is 5.73. The van der Waals surface area contributed by atoms with Gasteiger partial charge in [-0.3, -0.25) is 0 Å². The zero-order valence-electron chi connectivity index (χ0n) is 9.68. The van der Waals surface area contributed by atoms with Crippen LogP contribution >= 0.6 is 0 Å². The van der Waals surface area contributed by atoms with Crippen molar-refractivity contribution >= 4 is 6.03 Å². The van der Waals surface area contributed by atoms with E-state index in [2.05, 4.69) is 5.32 Å². The van der Waals surface area contributed by atoms with Gasteiger partial charge in [0.25, 0.3) is 0 Å². The van der Waals surface area contributed by atoms with Crippen LogP contribution in [0, 0.1) is 0 Å². The number of carbonyl (C=O) groups excluding carboxylic acids is 1. The maximum absolute atomic E-state index is 11.4. The van der Waals surface area contributed by atoms with Gasteiger partial charge in [0.1, 0.15) is 0 Å². The molecule has 0 aromatic heterocycles. The maximum Gasteiger partial charge on any atom is 0.317 e. The van der Waals surface area contributed by atoms with Crippen molar-refractivity contribution in [3.63, 3.8) is 0 Å². The molecule has 0 aliphatic rings. The van der Waals surface area contributed by atoms with E-state index in [0.29, 0.717) is 6.42 Å². The van der Waals surface area contributed by atoms with Gasteiger partial charge in [-0.05, 0) is 12.0 Å². The highest BCUT2D eigenvalue weighted by atomic mass is 16.3. The van der Waals surface area contributed by atoms with Crippen LogP contribution < -0.4 is 5.32 Å². The van der Waals surface area contributed by atoms with Crippen LogP contribution in [0.5, 0.6) is 0 Å². The smallest absolute Gasteiger partial charge is 0.317 e. The van der Waals surface area contributed by atoms with Gasteiger partial charge < -0.3 is 15.3 Å². The van der Waals surface area contributed by atoms with E-state index in [1.54, 1.807) is 14.1 Å². The number of urea groups is 1. The van der Waals surface area contributed by atoms with Crippen LogP contribution in [-0.4, -0.2) is 42.8 Å². The molecule has 0 aliphatic heterocycles. The van der Waals surface area contributed by atoms with E-state index in [9.17, 15) is 9.90 Å². The summed E-state index contributed by atoms with van der Waals surface area (Å²) in [5.41, 5.74) is 1.10. The van der Waals surface area contributed by atoms with Gasteiger partial charge in [0.05, 0.1) is 12.6 Å². The molecule has 88 valence electrons. The summed E-state index contributed by atoms with van der Waals surface area (Å²) >= 11 is 0. The Morgan fingerprint density at radius 1 is 1.38 bits per heavy atom. The fourth-order valence-corrected chi connectivity index (χ4v) is 1.36. The Morgan fingerprint density at radius 2 is 2.00 bits per heavy atom. The van der Waals surface area contributed by atoms with Gasteiger partial charge in [-0.25, -0.2) is 4.79 Å². The summed E-state index contributed by atoms with van der Waals surface area (Å²) in [6.45, 7) is -0.0610. The molecule has 2 N–H and O–H groups in total. The summed E-state index contributed by atoms with van der Waals surface area (Å²) in [6.07, 6.45) is 0.636. The van der Waals surface area contributed by atoms with Crippen LogP contribution in [-0.2, 0) is 6.42 Å². The molecule has 16 heavy (non-hydrogen) atoms. The molecule has 4 nitrogen and oxygen atoms in total. The first-order chi connectivity index (χ1) is 7.63. The minimum atomic E-state index is -0.239. The van der Waals surface area contributed by atoms with E-state index >= 15 is 0 Å². The van der Waals surface area contributed by atoms with Gasteiger partial charge in [-0.1, -0.05) is 30.3 Å². The van der Waals surface area contributed by atoms with Gasteiger partial charge in [-0.2, -0.15) is 0 Å². The van der Waals surface area contributed by atoms with Gasteiger partial charge in [0.15, 0.2) is 0 Å². The second-order valence-corrected chi connectivity index (χ2v) is 3.91. The molecule has 1 aromatic rings. The third-order valence-electron chi connectivity index (χ3n) is 2.28. The zero-order valence-corrected chi connectivity index (χ0v) is 9.68. The van der Waals surface area contributed by atoms with Crippen LogP contribution in [0.3, 0.4) is 0 Å².